The van der Waals surface area contributed by atoms with E-state index in [4.69, 9.17) is 17.3 Å². The van der Waals surface area contributed by atoms with Gasteiger partial charge in [-0.05, 0) is 18.0 Å². The average molecular weight is 275 g/mol. The van der Waals surface area contributed by atoms with Gasteiger partial charge < -0.3 is 21.1 Å². The maximum atomic E-state index is 10.3. The van der Waals surface area contributed by atoms with Crippen molar-refractivity contribution in [1.29, 1.82) is 0 Å². The molecule has 8 nitrogen and oxygen atoms in total. The number of hydrogen-bond acceptors (Lipinski definition) is 7. The molecule has 100 valence electrons. The second-order valence-corrected chi connectivity index (χ2v) is 3.61. The van der Waals surface area contributed by atoms with E-state index in [1.165, 1.54) is 0 Å². The highest BCUT2D eigenvalue weighted by molar-refractivity contribution is 6.28. The standard InChI is InChI=1S/C9H15ClN6O2/c1-2-3-12-8-14-6(10)15-9(16-8)13-4-5-18-7(11)17/h2-5H2,1H3,(H2,11,17)(H2,12,13,14,15,16). The minimum Gasteiger partial charge on any atom is -0.448 e. The van der Waals surface area contributed by atoms with Gasteiger partial charge in [-0.15, -0.1) is 0 Å². The van der Waals surface area contributed by atoms with Crippen LogP contribution in [0.15, 0.2) is 0 Å². The Balaban J connectivity index is 2.48. The molecule has 1 heterocycles. The second kappa shape index (κ2) is 7.49. The van der Waals surface area contributed by atoms with Crippen molar-refractivity contribution >= 4 is 29.6 Å². The van der Waals surface area contributed by atoms with Crippen molar-refractivity contribution in [2.75, 3.05) is 30.3 Å². The van der Waals surface area contributed by atoms with E-state index in [0.29, 0.717) is 18.4 Å². The Bertz CT molecular complexity index is 403. The number of ether oxygens (including phenoxy) is 1. The fraction of sp³-hybridized carbons (Fsp3) is 0.556. The summed E-state index contributed by atoms with van der Waals surface area (Å²) in [5.41, 5.74) is 4.81. The first-order valence-corrected chi connectivity index (χ1v) is 5.81. The number of halogens is 1. The summed E-state index contributed by atoms with van der Waals surface area (Å²) in [6, 6.07) is 0. The van der Waals surface area contributed by atoms with Crippen LogP contribution in [0.25, 0.3) is 0 Å². The number of hydrogen-bond donors (Lipinski definition) is 3. The monoisotopic (exact) mass is 274 g/mol. The first kappa shape index (κ1) is 14.2. The highest BCUT2D eigenvalue weighted by Crippen LogP contribution is 2.09. The number of nitrogens with zero attached hydrogens (tertiary/aromatic N) is 3. The van der Waals surface area contributed by atoms with Gasteiger partial charge in [0.15, 0.2) is 0 Å². The number of rotatable bonds is 7. The predicted molar refractivity (Wildman–Crippen MR) is 67.6 cm³/mol. The number of amides is 1. The topological polar surface area (TPSA) is 115 Å². The molecule has 0 aromatic carbocycles. The second-order valence-electron chi connectivity index (χ2n) is 3.27. The minimum atomic E-state index is -0.823. The number of primary amides is 1. The molecule has 0 aliphatic rings. The molecule has 0 bridgehead atoms. The summed E-state index contributed by atoms with van der Waals surface area (Å²) in [4.78, 5) is 22.2. The van der Waals surface area contributed by atoms with Crippen LogP contribution in [0.1, 0.15) is 13.3 Å². The van der Waals surface area contributed by atoms with E-state index in [-0.39, 0.29) is 11.9 Å². The maximum Gasteiger partial charge on any atom is 0.404 e. The average Bonchev–Trinajstić information content (AvgIpc) is 2.31. The van der Waals surface area contributed by atoms with Crippen molar-refractivity contribution in [2.24, 2.45) is 5.73 Å². The lowest BCUT2D eigenvalue weighted by Gasteiger charge is -2.07. The van der Waals surface area contributed by atoms with Gasteiger partial charge in [0.2, 0.25) is 17.2 Å². The van der Waals surface area contributed by atoms with Crippen molar-refractivity contribution in [2.45, 2.75) is 13.3 Å². The molecule has 0 spiro atoms. The quantitative estimate of drug-likeness (QED) is 0.631. The van der Waals surface area contributed by atoms with Crippen LogP contribution in [-0.4, -0.2) is 40.7 Å². The summed E-state index contributed by atoms with van der Waals surface area (Å²) in [6.45, 7) is 3.22. The Labute approximate surface area is 109 Å². The zero-order valence-corrected chi connectivity index (χ0v) is 10.7. The molecule has 1 rings (SSSR count). The lowest BCUT2D eigenvalue weighted by Crippen LogP contribution is -2.19. The Morgan fingerprint density at radius 2 is 1.89 bits per heavy atom. The first-order chi connectivity index (χ1) is 8.61. The molecule has 4 N–H and O–H groups in total. The lowest BCUT2D eigenvalue weighted by atomic mass is 10.5. The Hall–Kier alpha value is -1.83. The third-order valence-electron chi connectivity index (χ3n) is 1.77. The molecular formula is C9H15ClN6O2. The van der Waals surface area contributed by atoms with Crippen molar-refractivity contribution in [3.8, 4) is 0 Å². The molecule has 1 aromatic heterocycles. The minimum absolute atomic E-state index is 0.0851. The summed E-state index contributed by atoms with van der Waals surface area (Å²) in [7, 11) is 0. The zero-order chi connectivity index (χ0) is 13.4. The number of carbonyl (C=O) groups excluding carboxylic acids is 1. The number of carbonyl (C=O) groups is 1. The van der Waals surface area contributed by atoms with Gasteiger partial charge in [0.25, 0.3) is 0 Å². The van der Waals surface area contributed by atoms with Gasteiger partial charge in [0.05, 0.1) is 6.54 Å². The fourth-order valence-electron chi connectivity index (χ4n) is 1.06. The Morgan fingerprint density at radius 3 is 2.44 bits per heavy atom. The van der Waals surface area contributed by atoms with Gasteiger partial charge >= 0.3 is 6.09 Å². The SMILES string of the molecule is CCCNc1nc(Cl)nc(NCCOC(N)=O)n1. The van der Waals surface area contributed by atoms with E-state index < -0.39 is 6.09 Å². The summed E-state index contributed by atoms with van der Waals surface area (Å²) >= 11 is 5.74. The van der Waals surface area contributed by atoms with Crippen LogP contribution in [0.3, 0.4) is 0 Å². The highest BCUT2D eigenvalue weighted by Gasteiger charge is 2.04. The van der Waals surface area contributed by atoms with E-state index in [0.717, 1.165) is 13.0 Å². The molecule has 0 saturated carbocycles. The molecule has 0 saturated heterocycles. The van der Waals surface area contributed by atoms with Crippen molar-refractivity contribution in [3.05, 3.63) is 5.28 Å². The van der Waals surface area contributed by atoms with Gasteiger partial charge in [-0.2, -0.15) is 15.0 Å². The zero-order valence-electron chi connectivity index (χ0n) is 9.94. The number of nitrogens with two attached hydrogens (primary N) is 1. The molecule has 0 fully saturated rings. The van der Waals surface area contributed by atoms with Crippen LogP contribution in [0, 0.1) is 0 Å². The van der Waals surface area contributed by atoms with Gasteiger partial charge in [-0.3, -0.25) is 0 Å². The summed E-state index contributed by atoms with van der Waals surface area (Å²) < 4.78 is 4.55. The van der Waals surface area contributed by atoms with Crippen LogP contribution in [0.2, 0.25) is 5.28 Å². The van der Waals surface area contributed by atoms with Crippen LogP contribution < -0.4 is 16.4 Å². The molecular weight excluding hydrogens is 260 g/mol. The maximum absolute atomic E-state index is 10.3. The van der Waals surface area contributed by atoms with E-state index in [9.17, 15) is 4.79 Å². The van der Waals surface area contributed by atoms with Gasteiger partial charge in [0, 0.05) is 6.54 Å². The van der Waals surface area contributed by atoms with Crippen molar-refractivity contribution in [1.82, 2.24) is 15.0 Å². The summed E-state index contributed by atoms with van der Waals surface area (Å²) in [6.07, 6.45) is 0.120. The molecule has 18 heavy (non-hydrogen) atoms. The lowest BCUT2D eigenvalue weighted by molar-refractivity contribution is 0.161. The Morgan fingerprint density at radius 1 is 1.28 bits per heavy atom. The molecule has 1 aromatic rings. The van der Waals surface area contributed by atoms with Crippen molar-refractivity contribution < 1.29 is 9.53 Å². The van der Waals surface area contributed by atoms with E-state index >= 15 is 0 Å². The van der Waals surface area contributed by atoms with Crippen LogP contribution in [0.4, 0.5) is 16.7 Å². The van der Waals surface area contributed by atoms with Crippen LogP contribution in [-0.2, 0) is 4.74 Å². The van der Waals surface area contributed by atoms with Gasteiger partial charge in [-0.25, -0.2) is 4.79 Å². The van der Waals surface area contributed by atoms with E-state index in [1.54, 1.807) is 0 Å². The summed E-state index contributed by atoms with van der Waals surface area (Å²) in [5.74, 6) is 0.705. The Kier molecular flexibility index (Phi) is 5.92. The largest absolute Gasteiger partial charge is 0.448 e. The van der Waals surface area contributed by atoms with Crippen molar-refractivity contribution in [3.63, 3.8) is 0 Å². The first-order valence-electron chi connectivity index (χ1n) is 5.43. The van der Waals surface area contributed by atoms with E-state index in [2.05, 4.69) is 30.3 Å². The summed E-state index contributed by atoms with van der Waals surface area (Å²) in [5, 5.41) is 5.92. The highest BCUT2D eigenvalue weighted by atomic mass is 35.5. The molecule has 0 aliphatic carbocycles. The number of anilines is 2. The number of nitrogens with one attached hydrogen (secondary N) is 2. The molecule has 9 heteroatoms. The van der Waals surface area contributed by atoms with Crippen LogP contribution >= 0.6 is 11.6 Å². The third-order valence-corrected chi connectivity index (χ3v) is 1.94. The van der Waals surface area contributed by atoms with Gasteiger partial charge in [-0.1, -0.05) is 6.92 Å². The predicted octanol–water partition coefficient (Wildman–Crippen LogP) is 0.854. The molecule has 0 unspecified atom stereocenters. The van der Waals surface area contributed by atoms with E-state index in [1.807, 2.05) is 6.92 Å². The van der Waals surface area contributed by atoms with Crippen LogP contribution in [0.5, 0.6) is 0 Å². The molecule has 0 radical (unpaired) electrons. The third kappa shape index (κ3) is 5.48. The van der Waals surface area contributed by atoms with Gasteiger partial charge in [0.1, 0.15) is 6.61 Å². The molecule has 0 atom stereocenters. The smallest absolute Gasteiger partial charge is 0.404 e. The molecule has 1 amide bonds. The normalized spacial score (nSPS) is 9.89. The number of aromatic nitrogens is 3. The molecule has 0 aliphatic heterocycles. The fourth-order valence-corrected chi connectivity index (χ4v) is 1.22.